The second-order valence-electron chi connectivity index (χ2n) is 5.11. The zero-order valence-corrected chi connectivity index (χ0v) is 13.1. The topological polar surface area (TPSA) is 78.4 Å². The summed E-state index contributed by atoms with van der Waals surface area (Å²) in [6, 6.07) is 4.69. The maximum absolute atomic E-state index is 11.9. The third kappa shape index (κ3) is 5.80. The molecule has 0 bridgehead atoms. The van der Waals surface area contributed by atoms with E-state index in [0.29, 0.717) is 5.56 Å². The highest BCUT2D eigenvalue weighted by molar-refractivity contribution is 7.90. The van der Waals surface area contributed by atoms with E-state index in [2.05, 4.69) is 21.3 Å². The van der Waals surface area contributed by atoms with E-state index in [9.17, 15) is 8.42 Å². The van der Waals surface area contributed by atoms with Crippen LogP contribution >= 0.6 is 11.6 Å². The van der Waals surface area contributed by atoms with Gasteiger partial charge in [-0.1, -0.05) is 23.4 Å². The number of anilines is 1. The van der Waals surface area contributed by atoms with Crippen LogP contribution in [-0.4, -0.2) is 25.7 Å². The lowest BCUT2D eigenvalue weighted by Gasteiger charge is -2.21. The Bertz CT molecular complexity index is 640. The summed E-state index contributed by atoms with van der Waals surface area (Å²) in [5, 5.41) is 8.91. The van der Waals surface area contributed by atoms with E-state index in [1.54, 1.807) is 26.8 Å². The molecule has 0 aromatic heterocycles. The van der Waals surface area contributed by atoms with Crippen LogP contribution in [0.5, 0.6) is 0 Å². The Hall–Kier alpha value is -1.26. The van der Waals surface area contributed by atoms with Crippen LogP contribution in [0.2, 0.25) is 5.02 Å². The van der Waals surface area contributed by atoms with Gasteiger partial charge in [-0.05, 0) is 39.0 Å². The fourth-order valence-electron chi connectivity index (χ4n) is 1.40. The molecular weight excluding hydrogens is 300 g/mol. The largest absolute Gasteiger partial charge is 0.384 e. The molecule has 1 aromatic carbocycles. The minimum Gasteiger partial charge on any atom is -0.384 e. The van der Waals surface area contributed by atoms with E-state index in [1.807, 2.05) is 0 Å². The van der Waals surface area contributed by atoms with Crippen LogP contribution in [0.3, 0.4) is 0 Å². The number of hydrogen-bond acceptors (Lipinski definition) is 3. The molecule has 0 fully saturated rings. The van der Waals surface area contributed by atoms with Gasteiger partial charge in [0.25, 0.3) is 10.2 Å². The molecule has 0 unspecified atom stereocenters. The molecule has 3 N–H and O–H groups in total. The molecule has 0 heterocycles. The Morgan fingerprint density at radius 3 is 2.55 bits per heavy atom. The van der Waals surface area contributed by atoms with Crippen molar-refractivity contribution in [1.82, 2.24) is 4.72 Å². The molecule has 0 aliphatic heterocycles. The molecule has 1 aromatic rings. The minimum atomic E-state index is -3.73. The summed E-state index contributed by atoms with van der Waals surface area (Å²) < 4.78 is 28.7. The van der Waals surface area contributed by atoms with E-state index in [1.165, 1.54) is 12.1 Å². The maximum atomic E-state index is 11.9. The zero-order chi connectivity index (χ0) is 15.4. The molecule has 0 saturated carbocycles. The molecule has 1 rings (SSSR count). The zero-order valence-electron chi connectivity index (χ0n) is 11.5. The standard InChI is InChI=1S/C13H17ClN2O3S/c1-13(2,3)16-20(18,19)15-12-9-10(5-4-8-17)6-7-11(12)14/h6-7,9,15-17H,8H2,1-3H3. The van der Waals surface area contributed by atoms with E-state index in [0.717, 1.165) is 0 Å². The molecule has 0 aliphatic rings. The van der Waals surface area contributed by atoms with Gasteiger partial charge in [0.15, 0.2) is 0 Å². The van der Waals surface area contributed by atoms with Crippen LogP contribution in [0.4, 0.5) is 5.69 Å². The van der Waals surface area contributed by atoms with Gasteiger partial charge in [0.05, 0.1) is 10.7 Å². The maximum Gasteiger partial charge on any atom is 0.299 e. The first-order valence-electron chi connectivity index (χ1n) is 5.84. The second kappa shape index (κ2) is 6.46. The summed E-state index contributed by atoms with van der Waals surface area (Å²) in [4.78, 5) is 0. The second-order valence-corrected chi connectivity index (χ2v) is 6.93. The molecular formula is C13H17ClN2O3S. The Balaban J connectivity index is 3.03. The number of rotatable bonds is 3. The molecule has 0 saturated heterocycles. The van der Waals surface area contributed by atoms with Crippen molar-refractivity contribution in [2.75, 3.05) is 11.3 Å². The number of benzene rings is 1. The predicted molar refractivity (Wildman–Crippen MR) is 80.8 cm³/mol. The van der Waals surface area contributed by atoms with Gasteiger partial charge in [0.2, 0.25) is 0 Å². The van der Waals surface area contributed by atoms with Crippen molar-refractivity contribution in [1.29, 1.82) is 0 Å². The normalized spacial score (nSPS) is 11.7. The predicted octanol–water partition coefficient (Wildman–Crippen LogP) is 1.73. The lowest BCUT2D eigenvalue weighted by molar-refractivity contribution is 0.350. The molecule has 0 atom stereocenters. The van der Waals surface area contributed by atoms with E-state index >= 15 is 0 Å². The molecule has 5 nitrogen and oxygen atoms in total. The SMILES string of the molecule is CC(C)(C)NS(=O)(=O)Nc1cc(C#CCO)ccc1Cl. The van der Waals surface area contributed by atoms with Gasteiger partial charge in [0.1, 0.15) is 6.61 Å². The van der Waals surface area contributed by atoms with Crippen molar-refractivity contribution in [3.8, 4) is 11.8 Å². The van der Waals surface area contributed by atoms with E-state index in [-0.39, 0.29) is 17.3 Å². The fourth-order valence-corrected chi connectivity index (χ4v) is 2.93. The van der Waals surface area contributed by atoms with Gasteiger partial charge in [-0.25, -0.2) is 0 Å². The van der Waals surface area contributed by atoms with Crippen molar-refractivity contribution in [3.63, 3.8) is 0 Å². The van der Waals surface area contributed by atoms with Crippen LogP contribution < -0.4 is 9.44 Å². The molecule has 0 aliphatic carbocycles. The average molecular weight is 317 g/mol. The van der Waals surface area contributed by atoms with Crippen molar-refractivity contribution in [3.05, 3.63) is 28.8 Å². The fraction of sp³-hybridized carbons (Fsp3) is 0.385. The number of hydrogen-bond donors (Lipinski definition) is 3. The van der Waals surface area contributed by atoms with Crippen molar-refractivity contribution < 1.29 is 13.5 Å². The Morgan fingerprint density at radius 1 is 1.35 bits per heavy atom. The molecule has 20 heavy (non-hydrogen) atoms. The Morgan fingerprint density at radius 2 is 2.00 bits per heavy atom. The molecule has 0 amide bonds. The first-order valence-corrected chi connectivity index (χ1v) is 7.70. The summed E-state index contributed by atoms with van der Waals surface area (Å²) in [7, 11) is -3.73. The van der Waals surface area contributed by atoms with Gasteiger partial charge < -0.3 is 5.11 Å². The van der Waals surface area contributed by atoms with Crippen molar-refractivity contribution in [2.24, 2.45) is 0 Å². The summed E-state index contributed by atoms with van der Waals surface area (Å²) in [6.45, 7) is 4.93. The van der Waals surface area contributed by atoms with Crippen LogP contribution in [0.1, 0.15) is 26.3 Å². The van der Waals surface area contributed by atoms with Gasteiger partial charge in [-0.3, -0.25) is 4.72 Å². The summed E-state index contributed by atoms with van der Waals surface area (Å²) in [6.07, 6.45) is 0. The lowest BCUT2D eigenvalue weighted by Crippen LogP contribution is -2.43. The van der Waals surface area contributed by atoms with Gasteiger partial charge >= 0.3 is 0 Å². The third-order valence-electron chi connectivity index (χ3n) is 1.96. The van der Waals surface area contributed by atoms with Crippen LogP contribution in [0, 0.1) is 11.8 Å². The number of nitrogens with one attached hydrogen (secondary N) is 2. The van der Waals surface area contributed by atoms with Crippen molar-refractivity contribution in [2.45, 2.75) is 26.3 Å². The molecule has 110 valence electrons. The minimum absolute atomic E-state index is 0.230. The monoisotopic (exact) mass is 316 g/mol. The van der Waals surface area contributed by atoms with Crippen molar-refractivity contribution >= 4 is 27.5 Å². The van der Waals surface area contributed by atoms with Gasteiger partial charge in [-0.15, -0.1) is 0 Å². The highest BCUT2D eigenvalue weighted by Gasteiger charge is 2.20. The molecule has 0 radical (unpaired) electrons. The summed E-state index contributed by atoms with van der Waals surface area (Å²) >= 11 is 5.96. The molecule has 0 spiro atoms. The Labute approximate surface area is 124 Å². The quantitative estimate of drug-likeness (QED) is 0.743. The van der Waals surface area contributed by atoms with Gasteiger partial charge in [-0.2, -0.15) is 13.1 Å². The Kier molecular flexibility index (Phi) is 5.42. The molecule has 7 heteroatoms. The van der Waals surface area contributed by atoms with Crippen LogP contribution in [-0.2, 0) is 10.2 Å². The van der Waals surface area contributed by atoms with E-state index in [4.69, 9.17) is 16.7 Å². The van der Waals surface area contributed by atoms with E-state index < -0.39 is 15.7 Å². The smallest absolute Gasteiger partial charge is 0.299 e. The third-order valence-corrected chi connectivity index (χ3v) is 3.66. The average Bonchev–Trinajstić information content (AvgIpc) is 2.26. The summed E-state index contributed by atoms with van der Waals surface area (Å²) in [5.41, 5.74) is 0.178. The first kappa shape index (κ1) is 16.8. The number of halogens is 1. The van der Waals surface area contributed by atoms with Crippen LogP contribution in [0.25, 0.3) is 0 Å². The lowest BCUT2D eigenvalue weighted by atomic mass is 10.1. The highest BCUT2D eigenvalue weighted by atomic mass is 35.5. The summed E-state index contributed by atoms with van der Waals surface area (Å²) in [5.74, 6) is 5.16. The number of aliphatic hydroxyl groups excluding tert-OH is 1. The highest BCUT2D eigenvalue weighted by Crippen LogP contribution is 2.23. The van der Waals surface area contributed by atoms with Crippen LogP contribution in [0.15, 0.2) is 18.2 Å². The number of aliphatic hydroxyl groups is 1. The first-order chi connectivity index (χ1) is 9.13. The van der Waals surface area contributed by atoms with Gasteiger partial charge in [0, 0.05) is 11.1 Å².